The molecule has 0 spiro atoms. The maximum Gasteiger partial charge on any atom is 0.451 e. The van der Waals surface area contributed by atoms with E-state index in [1.807, 2.05) is 0 Å². The van der Waals surface area contributed by atoms with E-state index in [0.29, 0.717) is 0 Å². The van der Waals surface area contributed by atoms with Crippen LogP contribution in [0.4, 0.5) is 13.2 Å². The van der Waals surface area contributed by atoms with Gasteiger partial charge in [0, 0.05) is 24.4 Å². The molecule has 6 heteroatoms. The lowest BCUT2D eigenvalue weighted by Gasteiger charge is -2.37. The normalized spacial score (nSPS) is 17.0. The van der Waals surface area contributed by atoms with Gasteiger partial charge in [0.05, 0.1) is 0 Å². The Kier molecular flexibility index (Phi) is 9.69. The summed E-state index contributed by atoms with van der Waals surface area (Å²) in [7, 11) is 0. The Morgan fingerprint density at radius 3 is 2.04 bits per heavy atom. The van der Waals surface area contributed by atoms with Crippen molar-refractivity contribution in [3.8, 4) is 0 Å². The fourth-order valence-corrected chi connectivity index (χ4v) is 4.26. The summed E-state index contributed by atoms with van der Waals surface area (Å²) in [6.07, 6.45) is 14.1. The average Bonchev–Trinajstić information content (AvgIpc) is 2.69. The summed E-state index contributed by atoms with van der Waals surface area (Å²) in [5, 5.41) is 3.57. The highest BCUT2D eigenvalue weighted by Gasteiger charge is 2.37. The van der Waals surface area contributed by atoms with Crippen molar-refractivity contribution < 1.29 is 13.2 Å². The number of nitrogens with zero attached hydrogens (tertiary/aromatic N) is 2. The molecule has 28 heavy (non-hydrogen) atoms. The van der Waals surface area contributed by atoms with Gasteiger partial charge in [0.1, 0.15) is 0 Å². The van der Waals surface area contributed by atoms with Crippen LogP contribution in [0.3, 0.4) is 0 Å². The zero-order chi connectivity index (χ0) is 20.3. The van der Waals surface area contributed by atoms with Gasteiger partial charge < -0.3 is 5.32 Å². The van der Waals surface area contributed by atoms with Gasteiger partial charge in [0.15, 0.2) is 0 Å². The zero-order valence-electron chi connectivity index (χ0n) is 17.3. The molecule has 0 aliphatic heterocycles. The molecule has 0 aromatic carbocycles. The van der Waals surface area contributed by atoms with Crippen LogP contribution >= 0.6 is 0 Å². The predicted octanol–water partition coefficient (Wildman–Crippen LogP) is 6.43. The molecule has 160 valence electrons. The van der Waals surface area contributed by atoms with Crippen LogP contribution in [0, 0.1) is 0 Å². The summed E-state index contributed by atoms with van der Waals surface area (Å²) < 4.78 is 38.3. The molecule has 0 saturated heterocycles. The van der Waals surface area contributed by atoms with Crippen LogP contribution in [0.1, 0.15) is 102 Å². The molecule has 1 aromatic heterocycles. The molecule has 1 aliphatic carbocycles. The van der Waals surface area contributed by atoms with Gasteiger partial charge in [-0.3, -0.25) is 0 Å². The molecule has 0 atom stereocenters. The van der Waals surface area contributed by atoms with E-state index in [1.165, 1.54) is 63.8 Å². The van der Waals surface area contributed by atoms with Crippen molar-refractivity contribution >= 4 is 0 Å². The highest BCUT2D eigenvalue weighted by Crippen LogP contribution is 2.39. The second-order valence-corrected chi connectivity index (χ2v) is 8.29. The first kappa shape index (κ1) is 23.1. The van der Waals surface area contributed by atoms with Gasteiger partial charge >= 0.3 is 6.18 Å². The quantitative estimate of drug-likeness (QED) is 0.412. The standard InChI is InChI=1S/C22H36F3N3/c1-2-3-4-5-6-7-8-12-15-26-18-21(13-10-9-11-14-21)19-16-27-20(28-17-19)22(23,24)25/h16-17,26H,2-15,18H2,1H3. The molecule has 1 N–H and O–H groups in total. The molecular formula is C22H36F3N3. The minimum atomic E-state index is -4.48. The third-order valence-electron chi connectivity index (χ3n) is 6.00. The molecule has 0 radical (unpaired) electrons. The first-order valence-electron chi connectivity index (χ1n) is 11.1. The fourth-order valence-electron chi connectivity index (χ4n) is 4.26. The minimum Gasteiger partial charge on any atom is -0.316 e. The molecule has 1 aromatic rings. The van der Waals surface area contributed by atoms with Crippen molar-refractivity contribution in [2.24, 2.45) is 0 Å². The van der Waals surface area contributed by atoms with Crippen molar-refractivity contribution in [3.05, 3.63) is 23.8 Å². The van der Waals surface area contributed by atoms with E-state index in [9.17, 15) is 13.2 Å². The lowest BCUT2D eigenvalue weighted by molar-refractivity contribution is -0.145. The molecule has 1 aliphatic rings. The molecule has 0 unspecified atom stereocenters. The van der Waals surface area contributed by atoms with Gasteiger partial charge in [0.25, 0.3) is 0 Å². The molecule has 0 bridgehead atoms. The number of unbranched alkanes of at least 4 members (excludes halogenated alkanes) is 7. The van der Waals surface area contributed by atoms with E-state index in [4.69, 9.17) is 0 Å². The van der Waals surface area contributed by atoms with Gasteiger partial charge in [-0.25, -0.2) is 9.97 Å². The molecule has 2 rings (SSSR count). The monoisotopic (exact) mass is 399 g/mol. The Labute approximate surface area is 167 Å². The van der Waals surface area contributed by atoms with E-state index in [1.54, 1.807) is 0 Å². The number of halogens is 3. The van der Waals surface area contributed by atoms with Crippen LogP contribution in [0.2, 0.25) is 0 Å². The average molecular weight is 400 g/mol. The highest BCUT2D eigenvalue weighted by molar-refractivity contribution is 5.22. The molecule has 1 fully saturated rings. The van der Waals surface area contributed by atoms with Crippen LogP contribution in [0.25, 0.3) is 0 Å². The molecule has 3 nitrogen and oxygen atoms in total. The molecular weight excluding hydrogens is 363 g/mol. The van der Waals surface area contributed by atoms with Gasteiger partial charge in [-0.15, -0.1) is 0 Å². The lowest BCUT2D eigenvalue weighted by atomic mass is 9.70. The Morgan fingerprint density at radius 2 is 1.46 bits per heavy atom. The van der Waals surface area contributed by atoms with Crippen LogP contribution < -0.4 is 5.32 Å². The molecule has 0 amide bonds. The van der Waals surface area contributed by atoms with Crippen LogP contribution in [0.15, 0.2) is 12.4 Å². The Hall–Kier alpha value is -1.17. The molecule has 1 saturated carbocycles. The first-order chi connectivity index (χ1) is 13.5. The third kappa shape index (κ3) is 7.34. The smallest absolute Gasteiger partial charge is 0.316 e. The maximum absolute atomic E-state index is 12.8. The number of nitrogens with one attached hydrogen (secondary N) is 1. The zero-order valence-corrected chi connectivity index (χ0v) is 17.3. The van der Waals surface area contributed by atoms with Gasteiger partial charge in [-0.1, -0.05) is 71.1 Å². The number of rotatable bonds is 12. The Bertz CT molecular complexity index is 537. The summed E-state index contributed by atoms with van der Waals surface area (Å²) in [5.74, 6) is -1.05. The Balaban J connectivity index is 1.78. The lowest BCUT2D eigenvalue weighted by Crippen LogP contribution is -2.40. The van der Waals surface area contributed by atoms with E-state index < -0.39 is 12.0 Å². The summed E-state index contributed by atoms with van der Waals surface area (Å²) in [6.45, 7) is 4.01. The summed E-state index contributed by atoms with van der Waals surface area (Å²) in [6, 6.07) is 0. The second kappa shape index (κ2) is 11.7. The number of alkyl halides is 3. The van der Waals surface area contributed by atoms with Crippen molar-refractivity contribution in [2.45, 2.75) is 102 Å². The van der Waals surface area contributed by atoms with E-state index in [2.05, 4.69) is 22.2 Å². The van der Waals surface area contributed by atoms with Crippen molar-refractivity contribution in [3.63, 3.8) is 0 Å². The maximum atomic E-state index is 12.8. The van der Waals surface area contributed by atoms with Crippen LogP contribution in [-0.4, -0.2) is 23.1 Å². The fraction of sp³-hybridized carbons (Fsp3) is 0.818. The SMILES string of the molecule is CCCCCCCCCCNCC1(c2cnc(C(F)(F)F)nc2)CCCCC1. The van der Waals surface area contributed by atoms with Gasteiger partial charge in [-0.2, -0.15) is 13.2 Å². The number of aromatic nitrogens is 2. The number of hydrogen-bond acceptors (Lipinski definition) is 3. The van der Waals surface area contributed by atoms with Crippen molar-refractivity contribution in [1.82, 2.24) is 15.3 Å². The largest absolute Gasteiger partial charge is 0.451 e. The van der Waals surface area contributed by atoms with Crippen molar-refractivity contribution in [2.75, 3.05) is 13.1 Å². The summed E-state index contributed by atoms with van der Waals surface area (Å²) >= 11 is 0. The topological polar surface area (TPSA) is 37.8 Å². The first-order valence-corrected chi connectivity index (χ1v) is 11.1. The van der Waals surface area contributed by atoms with E-state index >= 15 is 0 Å². The van der Waals surface area contributed by atoms with Crippen LogP contribution in [0.5, 0.6) is 0 Å². The second-order valence-electron chi connectivity index (χ2n) is 8.29. The minimum absolute atomic E-state index is 0.122. The van der Waals surface area contributed by atoms with Gasteiger partial charge in [-0.05, 0) is 31.4 Å². The van der Waals surface area contributed by atoms with E-state index in [-0.39, 0.29) is 5.41 Å². The van der Waals surface area contributed by atoms with Gasteiger partial charge in [0.2, 0.25) is 5.82 Å². The van der Waals surface area contributed by atoms with E-state index in [0.717, 1.165) is 50.8 Å². The van der Waals surface area contributed by atoms with Crippen molar-refractivity contribution in [1.29, 1.82) is 0 Å². The summed E-state index contributed by atoms with van der Waals surface area (Å²) in [5.41, 5.74) is 0.728. The van der Waals surface area contributed by atoms with Crippen LogP contribution in [-0.2, 0) is 11.6 Å². The number of hydrogen-bond donors (Lipinski definition) is 1. The Morgan fingerprint density at radius 1 is 0.893 bits per heavy atom. The highest BCUT2D eigenvalue weighted by atomic mass is 19.4. The molecule has 1 heterocycles. The third-order valence-corrected chi connectivity index (χ3v) is 6.00. The summed E-state index contributed by atoms with van der Waals surface area (Å²) in [4.78, 5) is 7.21. The predicted molar refractivity (Wildman–Crippen MR) is 107 cm³/mol.